The lowest BCUT2D eigenvalue weighted by Gasteiger charge is -2.18. The van der Waals surface area contributed by atoms with Crippen molar-refractivity contribution >= 4 is 11.6 Å². The molecule has 2 rings (SSSR count). The van der Waals surface area contributed by atoms with E-state index in [1.807, 2.05) is 25.1 Å². The fraction of sp³-hybridized carbons (Fsp3) is 0.333. The van der Waals surface area contributed by atoms with Gasteiger partial charge in [-0.3, -0.25) is 0 Å². The summed E-state index contributed by atoms with van der Waals surface area (Å²) in [5.41, 5.74) is 2.23. The van der Waals surface area contributed by atoms with Crippen LogP contribution in [0.15, 0.2) is 41.0 Å². The Morgan fingerprint density at radius 3 is 2.78 bits per heavy atom. The number of nitrogens with one attached hydrogen (secondary N) is 1. The summed E-state index contributed by atoms with van der Waals surface area (Å²) < 4.78 is 5.51. The zero-order chi connectivity index (χ0) is 13.0. The summed E-state index contributed by atoms with van der Waals surface area (Å²) in [4.78, 5) is 0. The third-order valence-corrected chi connectivity index (χ3v) is 3.22. The van der Waals surface area contributed by atoms with E-state index in [9.17, 15) is 0 Å². The Balaban J connectivity index is 2.33. The highest BCUT2D eigenvalue weighted by atomic mass is 35.5. The van der Waals surface area contributed by atoms with Gasteiger partial charge < -0.3 is 9.73 Å². The molecule has 0 aliphatic heterocycles. The Labute approximate surface area is 113 Å². The summed E-state index contributed by atoms with van der Waals surface area (Å²) in [6, 6.07) is 10.0. The first-order valence-electron chi connectivity index (χ1n) is 6.25. The molecule has 18 heavy (non-hydrogen) atoms. The molecule has 0 aliphatic carbocycles. The van der Waals surface area contributed by atoms with E-state index in [1.54, 1.807) is 6.26 Å². The monoisotopic (exact) mass is 263 g/mol. The zero-order valence-corrected chi connectivity index (χ0v) is 11.5. The third kappa shape index (κ3) is 2.95. The van der Waals surface area contributed by atoms with Crippen LogP contribution in [-0.4, -0.2) is 6.54 Å². The standard InChI is InChI=1S/C15H18ClNO/c1-3-8-17-15(14-5-4-9-18-14)12-7-6-11(2)10-13(12)16/h4-7,9-10,15,17H,3,8H2,1-2H3. The largest absolute Gasteiger partial charge is 0.467 e. The first-order chi connectivity index (χ1) is 8.72. The Morgan fingerprint density at radius 2 is 2.17 bits per heavy atom. The topological polar surface area (TPSA) is 25.2 Å². The van der Waals surface area contributed by atoms with Gasteiger partial charge in [0.2, 0.25) is 0 Å². The molecule has 2 nitrogen and oxygen atoms in total. The molecule has 2 aromatic rings. The molecule has 3 heteroatoms. The summed E-state index contributed by atoms with van der Waals surface area (Å²) in [5, 5.41) is 4.25. The molecule has 0 saturated carbocycles. The molecule has 0 fully saturated rings. The highest BCUT2D eigenvalue weighted by Gasteiger charge is 2.18. The number of furan rings is 1. The molecule has 0 aliphatic rings. The second-order valence-corrected chi connectivity index (χ2v) is 4.83. The fourth-order valence-corrected chi connectivity index (χ4v) is 2.32. The molecule has 1 unspecified atom stereocenters. The minimum absolute atomic E-state index is 0.0213. The lowest BCUT2D eigenvalue weighted by atomic mass is 10.0. The molecular weight excluding hydrogens is 246 g/mol. The second-order valence-electron chi connectivity index (χ2n) is 4.43. The van der Waals surface area contributed by atoms with Gasteiger partial charge in [0.15, 0.2) is 0 Å². The molecule has 0 bridgehead atoms. The molecule has 1 heterocycles. The van der Waals surface area contributed by atoms with Crippen molar-refractivity contribution in [3.63, 3.8) is 0 Å². The maximum Gasteiger partial charge on any atom is 0.125 e. The van der Waals surface area contributed by atoms with Gasteiger partial charge in [-0.05, 0) is 49.2 Å². The van der Waals surface area contributed by atoms with Crippen LogP contribution >= 0.6 is 11.6 Å². The average Bonchev–Trinajstić information content (AvgIpc) is 2.85. The van der Waals surface area contributed by atoms with Gasteiger partial charge in [-0.2, -0.15) is 0 Å². The average molecular weight is 264 g/mol. The Bertz CT molecular complexity index is 493. The lowest BCUT2D eigenvalue weighted by Crippen LogP contribution is -2.23. The highest BCUT2D eigenvalue weighted by Crippen LogP contribution is 2.29. The summed E-state index contributed by atoms with van der Waals surface area (Å²) in [5.74, 6) is 0.897. The number of rotatable bonds is 5. The first kappa shape index (κ1) is 13.2. The van der Waals surface area contributed by atoms with E-state index in [-0.39, 0.29) is 6.04 Å². The van der Waals surface area contributed by atoms with E-state index in [1.165, 1.54) is 0 Å². The van der Waals surface area contributed by atoms with Gasteiger partial charge >= 0.3 is 0 Å². The van der Waals surface area contributed by atoms with Crippen molar-refractivity contribution in [3.8, 4) is 0 Å². The van der Waals surface area contributed by atoms with Crippen molar-refractivity contribution in [2.24, 2.45) is 0 Å². The van der Waals surface area contributed by atoms with Crippen molar-refractivity contribution in [2.75, 3.05) is 6.54 Å². The Kier molecular flexibility index (Phi) is 4.45. The molecule has 0 radical (unpaired) electrons. The molecule has 96 valence electrons. The van der Waals surface area contributed by atoms with E-state index >= 15 is 0 Å². The molecule has 0 spiro atoms. The van der Waals surface area contributed by atoms with Crippen LogP contribution in [-0.2, 0) is 0 Å². The van der Waals surface area contributed by atoms with Crippen LogP contribution in [0.25, 0.3) is 0 Å². The van der Waals surface area contributed by atoms with E-state index in [0.717, 1.165) is 34.9 Å². The van der Waals surface area contributed by atoms with Gasteiger partial charge in [0.1, 0.15) is 5.76 Å². The first-order valence-corrected chi connectivity index (χ1v) is 6.63. The number of hydrogen-bond acceptors (Lipinski definition) is 2. The van der Waals surface area contributed by atoms with Crippen LogP contribution in [0.1, 0.15) is 36.3 Å². The molecule has 0 amide bonds. The van der Waals surface area contributed by atoms with Gasteiger partial charge in [0.05, 0.1) is 12.3 Å². The van der Waals surface area contributed by atoms with Crippen LogP contribution in [0.2, 0.25) is 5.02 Å². The number of aryl methyl sites for hydroxylation is 1. The van der Waals surface area contributed by atoms with Crippen molar-refractivity contribution in [2.45, 2.75) is 26.3 Å². The number of benzene rings is 1. The summed E-state index contributed by atoms with van der Waals surface area (Å²) in [7, 11) is 0. The zero-order valence-electron chi connectivity index (χ0n) is 10.7. The van der Waals surface area contributed by atoms with Crippen LogP contribution in [0.5, 0.6) is 0 Å². The predicted molar refractivity (Wildman–Crippen MR) is 75.0 cm³/mol. The van der Waals surface area contributed by atoms with Crippen LogP contribution < -0.4 is 5.32 Å². The van der Waals surface area contributed by atoms with Crippen LogP contribution in [0, 0.1) is 6.92 Å². The van der Waals surface area contributed by atoms with Crippen LogP contribution in [0.4, 0.5) is 0 Å². The molecule has 0 saturated heterocycles. The van der Waals surface area contributed by atoms with Gasteiger partial charge in [-0.15, -0.1) is 0 Å². The maximum atomic E-state index is 6.34. The van der Waals surface area contributed by atoms with Gasteiger partial charge in [-0.1, -0.05) is 30.7 Å². The van der Waals surface area contributed by atoms with E-state index in [0.29, 0.717) is 0 Å². The normalized spacial score (nSPS) is 12.6. The van der Waals surface area contributed by atoms with Crippen LogP contribution in [0.3, 0.4) is 0 Å². The quantitative estimate of drug-likeness (QED) is 0.869. The fourth-order valence-electron chi connectivity index (χ4n) is 1.97. The maximum absolute atomic E-state index is 6.34. The summed E-state index contributed by atoms with van der Waals surface area (Å²) >= 11 is 6.34. The molecule has 1 atom stereocenters. The number of hydrogen-bond donors (Lipinski definition) is 1. The smallest absolute Gasteiger partial charge is 0.125 e. The van der Waals surface area contributed by atoms with Gasteiger partial charge in [-0.25, -0.2) is 0 Å². The van der Waals surface area contributed by atoms with Gasteiger partial charge in [0.25, 0.3) is 0 Å². The van der Waals surface area contributed by atoms with Crippen molar-refractivity contribution in [1.82, 2.24) is 5.32 Å². The van der Waals surface area contributed by atoms with Crippen molar-refractivity contribution < 1.29 is 4.42 Å². The lowest BCUT2D eigenvalue weighted by molar-refractivity contribution is 0.446. The molecular formula is C15H18ClNO. The Morgan fingerprint density at radius 1 is 1.33 bits per heavy atom. The highest BCUT2D eigenvalue weighted by molar-refractivity contribution is 6.31. The number of halogens is 1. The van der Waals surface area contributed by atoms with Crippen molar-refractivity contribution in [1.29, 1.82) is 0 Å². The summed E-state index contributed by atoms with van der Waals surface area (Å²) in [6.07, 6.45) is 2.76. The summed E-state index contributed by atoms with van der Waals surface area (Å²) in [6.45, 7) is 5.11. The van der Waals surface area contributed by atoms with E-state index in [4.69, 9.17) is 16.0 Å². The Hall–Kier alpha value is -1.25. The van der Waals surface area contributed by atoms with Crippen molar-refractivity contribution in [3.05, 3.63) is 58.5 Å². The van der Waals surface area contributed by atoms with E-state index < -0.39 is 0 Å². The van der Waals surface area contributed by atoms with Gasteiger partial charge in [0, 0.05) is 5.02 Å². The predicted octanol–water partition coefficient (Wildman–Crippen LogP) is 4.33. The minimum atomic E-state index is 0.0213. The molecule has 1 aromatic carbocycles. The molecule has 1 N–H and O–H groups in total. The molecule has 1 aromatic heterocycles. The minimum Gasteiger partial charge on any atom is -0.467 e. The second kappa shape index (κ2) is 6.07. The third-order valence-electron chi connectivity index (χ3n) is 2.89. The van der Waals surface area contributed by atoms with E-state index in [2.05, 4.69) is 24.4 Å². The SMILES string of the molecule is CCCNC(c1ccco1)c1ccc(C)cc1Cl.